The number of aromatic carboxylic acids is 1. The van der Waals surface area contributed by atoms with Gasteiger partial charge in [0, 0.05) is 12.7 Å². The molecule has 0 spiro atoms. The Labute approximate surface area is 157 Å². The van der Waals surface area contributed by atoms with Gasteiger partial charge in [0.1, 0.15) is 24.2 Å². The molecule has 1 aliphatic heterocycles. The zero-order valence-corrected chi connectivity index (χ0v) is 15.3. The molecule has 2 aromatic rings. The zero-order chi connectivity index (χ0) is 19.4. The number of pyridine rings is 1. The smallest absolute Gasteiger partial charge is 0.354 e. The maximum Gasteiger partial charge on any atom is 0.354 e. The molecule has 2 heterocycles. The Morgan fingerprint density at radius 1 is 1.26 bits per heavy atom. The average Bonchev–Trinajstić information content (AvgIpc) is 2.65. The summed E-state index contributed by atoms with van der Waals surface area (Å²) in [6.45, 7) is 4.99. The van der Waals surface area contributed by atoms with Crippen molar-refractivity contribution in [3.8, 4) is 5.75 Å². The lowest BCUT2D eigenvalue weighted by molar-refractivity contribution is -0.136. The number of carbonyl (C=O) groups excluding carboxylic acids is 1. The molecule has 1 aromatic carbocycles. The van der Waals surface area contributed by atoms with Gasteiger partial charge in [0.2, 0.25) is 0 Å². The lowest BCUT2D eigenvalue weighted by Gasteiger charge is -2.42. The SMILES string of the molecule is CC1(C)CN(C(=O)c2ccc(C(=O)O)nc2)CC(COc2ccccc2)O1. The quantitative estimate of drug-likeness (QED) is 0.870. The predicted molar refractivity (Wildman–Crippen MR) is 98.0 cm³/mol. The molecule has 7 heteroatoms. The van der Waals surface area contributed by atoms with Gasteiger partial charge >= 0.3 is 5.97 Å². The van der Waals surface area contributed by atoms with E-state index in [-0.39, 0.29) is 17.7 Å². The summed E-state index contributed by atoms with van der Waals surface area (Å²) in [5.74, 6) is -0.587. The summed E-state index contributed by atoms with van der Waals surface area (Å²) in [5, 5.41) is 8.93. The Bertz CT molecular complexity index is 805. The highest BCUT2D eigenvalue weighted by atomic mass is 16.5. The van der Waals surface area contributed by atoms with E-state index in [2.05, 4.69) is 4.98 Å². The van der Waals surface area contributed by atoms with Gasteiger partial charge in [-0.25, -0.2) is 9.78 Å². The molecule has 0 radical (unpaired) electrons. The summed E-state index contributed by atoms with van der Waals surface area (Å²) in [5.41, 5.74) is -0.268. The minimum atomic E-state index is -1.13. The van der Waals surface area contributed by atoms with Gasteiger partial charge in [-0.2, -0.15) is 0 Å². The Kier molecular flexibility index (Phi) is 5.41. The number of benzene rings is 1. The number of para-hydroxylation sites is 1. The minimum Gasteiger partial charge on any atom is -0.491 e. The van der Waals surface area contributed by atoms with Gasteiger partial charge < -0.3 is 19.5 Å². The van der Waals surface area contributed by atoms with Gasteiger partial charge in [-0.1, -0.05) is 18.2 Å². The van der Waals surface area contributed by atoms with Gasteiger partial charge in [-0.15, -0.1) is 0 Å². The Balaban J connectivity index is 1.68. The van der Waals surface area contributed by atoms with Crippen LogP contribution in [0.4, 0.5) is 0 Å². The van der Waals surface area contributed by atoms with E-state index < -0.39 is 11.6 Å². The van der Waals surface area contributed by atoms with E-state index in [1.54, 1.807) is 4.90 Å². The number of nitrogens with zero attached hydrogens (tertiary/aromatic N) is 2. The first-order valence-corrected chi connectivity index (χ1v) is 8.68. The van der Waals surface area contributed by atoms with E-state index in [0.717, 1.165) is 5.75 Å². The summed E-state index contributed by atoms with van der Waals surface area (Å²) < 4.78 is 11.8. The third-order valence-electron chi connectivity index (χ3n) is 4.18. The van der Waals surface area contributed by atoms with Crippen LogP contribution in [-0.4, -0.2) is 58.3 Å². The van der Waals surface area contributed by atoms with Crippen LogP contribution in [0.3, 0.4) is 0 Å². The molecule has 1 unspecified atom stereocenters. The van der Waals surface area contributed by atoms with Crippen LogP contribution in [0, 0.1) is 0 Å². The zero-order valence-electron chi connectivity index (χ0n) is 15.3. The molecule has 1 saturated heterocycles. The molecule has 1 amide bonds. The summed E-state index contributed by atoms with van der Waals surface area (Å²) >= 11 is 0. The largest absolute Gasteiger partial charge is 0.491 e. The number of ether oxygens (including phenoxy) is 2. The molecular formula is C20H22N2O5. The number of amides is 1. The number of hydrogen-bond acceptors (Lipinski definition) is 5. The first-order chi connectivity index (χ1) is 12.8. The first kappa shape index (κ1) is 18.8. The molecule has 3 rings (SSSR count). The number of carboxylic acids is 1. The predicted octanol–water partition coefficient (Wildman–Crippen LogP) is 2.48. The van der Waals surface area contributed by atoms with Crippen LogP contribution < -0.4 is 4.74 Å². The van der Waals surface area contributed by atoms with Crippen molar-refractivity contribution in [2.75, 3.05) is 19.7 Å². The van der Waals surface area contributed by atoms with Gasteiger partial charge in [0.05, 0.1) is 17.7 Å². The average molecular weight is 370 g/mol. The van der Waals surface area contributed by atoms with E-state index >= 15 is 0 Å². The highest BCUT2D eigenvalue weighted by Gasteiger charge is 2.36. The van der Waals surface area contributed by atoms with E-state index in [0.29, 0.717) is 25.3 Å². The van der Waals surface area contributed by atoms with Crippen molar-refractivity contribution in [1.29, 1.82) is 0 Å². The van der Waals surface area contributed by atoms with Gasteiger partial charge in [0.15, 0.2) is 0 Å². The summed E-state index contributed by atoms with van der Waals surface area (Å²) in [7, 11) is 0. The fourth-order valence-corrected chi connectivity index (χ4v) is 3.07. The molecule has 0 bridgehead atoms. The number of hydrogen-bond donors (Lipinski definition) is 1. The van der Waals surface area contributed by atoms with Crippen LogP contribution in [-0.2, 0) is 4.74 Å². The number of aromatic nitrogens is 1. The number of rotatable bonds is 5. The summed E-state index contributed by atoms with van der Waals surface area (Å²) in [4.78, 5) is 29.3. The number of carboxylic acid groups (broad SMARTS) is 1. The molecule has 0 saturated carbocycles. The lowest BCUT2D eigenvalue weighted by Crippen LogP contribution is -2.56. The molecule has 1 atom stereocenters. The van der Waals surface area contributed by atoms with E-state index in [1.165, 1.54) is 18.3 Å². The molecule has 7 nitrogen and oxygen atoms in total. The van der Waals surface area contributed by atoms with Crippen LogP contribution in [0.15, 0.2) is 48.7 Å². The fourth-order valence-electron chi connectivity index (χ4n) is 3.07. The molecule has 1 fully saturated rings. The highest BCUT2D eigenvalue weighted by molar-refractivity contribution is 5.95. The Morgan fingerprint density at radius 3 is 2.63 bits per heavy atom. The maximum atomic E-state index is 12.8. The van der Waals surface area contributed by atoms with Gasteiger partial charge in [0.25, 0.3) is 5.91 Å². The number of carbonyl (C=O) groups is 2. The van der Waals surface area contributed by atoms with Crippen molar-refractivity contribution in [1.82, 2.24) is 9.88 Å². The molecule has 1 N–H and O–H groups in total. The fraction of sp³-hybridized carbons (Fsp3) is 0.350. The van der Waals surface area contributed by atoms with Crippen LogP contribution >= 0.6 is 0 Å². The van der Waals surface area contributed by atoms with Crippen LogP contribution in [0.25, 0.3) is 0 Å². The van der Waals surface area contributed by atoms with Crippen molar-refractivity contribution in [2.45, 2.75) is 25.6 Å². The van der Waals surface area contributed by atoms with Crippen LogP contribution in [0.2, 0.25) is 0 Å². The molecule has 27 heavy (non-hydrogen) atoms. The highest BCUT2D eigenvalue weighted by Crippen LogP contribution is 2.23. The van der Waals surface area contributed by atoms with Crippen LogP contribution in [0.5, 0.6) is 5.75 Å². The topological polar surface area (TPSA) is 89.0 Å². The van der Waals surface area contributed by atoms with E-state index in [9.17, 15) is 9.59 Å². The van der Waals surface area contributed by atoms with Crippen molar-refractivity contribution in [2.24, 2.45) is 0 Å². The van der Waals surface area contributed by atoms with Crippen molar-refractivity contribution >= 4 is 11.9 Å². The van der Waals surface area contributed by atoms with Crippen molar-refractivity contribution in [3.05, 3.63) is 59.9 Å². The molecular weight excluding hydrogens is 348 g/mol. The molecule has 142 valence electrons. The normalized spacial score (nSPS) is 18.7. The summed E-state index contributed by atoms with van der Waals surface area (Å²) in [6, 6.07) is 12.2. The molecule has 1 aliphatic rings. The second kappa shape index (κ2) is 7.75. The third kappa shape index (κ3) is 4.83. The third-order valence-corrected chi connectivity index (χ3v) is 4.18. The minimum absolute atomic E-state index is 0.0944. The van der Waals surface area contributed by atoms with Crippen LogP contribution in [0.1, 0.15) is 34.7 Å². The Hall–Kier alpha value is -2.93. The second-order valence-corrected chi connectivity index (χ2v) is 7.05. The van der Waals surface area contributed by atoms with Gasteiger partial charge in [-0.05, 0) is 38.1 Å². The lowest BCUT2D eigenvalue weighted by atomic mass is 10.0. The number of morpholine rings is 1. The molecule has 1 aromatic heterocycles. The summed E-state index contributed by atoms with van der Waals surface area (Å²) in [6.07, 6.45) is 1.02. The van der Waals surface area contributed by atoms with E-state index in [1.807, 2.05) is 44.2 Å². The maximum absolute atomic E-state index is 12.8. The molecule has 0 aliphatic carbocycles. The first-order valence-electron chi connectivity index (χ1n) is 8.68. The Morgan fingerprint density at radius 2 is 2.00 bits per heavy atom. The second-order valence-electron chi connectivity index (χ2n) is 7.05. The van der Waals surface area contributed by atoms with Gasteiger partial charge in [-0.3, -0.25) is 4.79 Å². The monoisotopic (exact) mass is 370 g/mol. The van der Waals surface area contributed by atoms with Crippen molar-refractivity contribution in [3.63, 3.8) is 0 Å². The van der Waals surface area contributed by atoms with Crippen molar-refractivity contribution < 1.29 is 24.2 Å². The van der Waals surface area contributed by atoms with E-state index in [4.69, 9.17) is 14.6 Å². The standard InChI is InChI=1S/C20H22N2O5/c1-20(2)13-22(18(23)14-8-9-17(19(24)25)21-10-14)11-16(27-20)12-26-15-6-4-3-5-7-15/h3-10,16H,11-13H2,1-2H3,(H,24,25).